The third kappa shape index (κ3) is 6.33. The largest absolute Gasteiger partial charge is 0.357 e. The fourth-order valence-electron chi connectivity index (χ4n) is 4.78. The predicted octanol–water partition coefficient (Wildman–Crippen LogP) is 3.77. The van der Waals surface area contributed by atoms with Crippen LogP contribution in [0.1, 0.15) is 55.3 Å². The molecule has 0 spiro atoms. The van der Waals surface area contributed by atoms with Crippen molar-refractivity contribution in [2.45, 2.75) is 60.7 Å². The average Bonchev–Trinajstić information content (AvgIpc) is 2.95. The number of rotatable bonds is 7. The Bertz CT molecular complexity index is 874. The Hall–Kier alpha value is -2.34. The zero-order valence-electron chi connectivity index (χ0n) is 20.2. The van der Waals surface area contributed by atoms with E-state index in [4.69, 9.17) is 4.99 Å². The molecule has 1 aromatic heterocycles. The molecule has 170 valence electrons. The molecule has 0 radical (unpaired) electrons. The summed E-state index contributed by atoms with van der Waals surface area (Å²) in [5.41, 5.74) is 6.19. The molecule has 2 aromatic rings. The number of aliphatic imine (C=N–C) groups is 1. The van der Waals surface area contributed by atoms with E-state index in [0.717, 1.165) is 43.1 Å². The number of likely N-dealkylation sites (tertiary alicyclic amines) is 1. The Balaban J connectivity index is 1.68. The number of guanidine groups is 1. The van der Waals surface area contributed by atoms with Crippen molar-refractivity contribution in [3.63, 3.8) is 0 Å². The van der Waals surface area contributed by atoms with Crippen molar-refractivity contribution in [3.8, 4) is 0 Å². The number of nitrogens with one attached hydrogen (secondary N) is 2. The van der Waals surface area contributed by atoms with Gasteiger partial charge in [-0.25, -0.2) is 4.99 Å². The van der Waals surface area contributed by atoms with Crippen LogP contribution in [-0.2, 0) is 26.7 Å². The molecule has 0 amide bonds. The molecular weight excluding hydrogens is 384 g/mol. The molecule has 6 nitrogen and oxygen atoms in total. The first-order valence-corrected chi connectivity index (χ1v) is 11.7. The lowest BCUT2D eigenvalue weighted by Crippen LogP contribution is -2.38. The second-order valence-electron chi connectivity index (χ2n) is 9.23. The first-order valence-electron chi connectivity index (χ1n) is 11.7. The number of benzene rings is 1. The van der Waals surface area contributed by atoms with E-state index in [9.17, 15) is 0 Å². The van der Waals surface area contributed by atoms with Gasteiger partial charge in [0.25, 0.3) is 0 Å². The minimum atomic E-state index is 0.676. The molecule has 1 aliphatic rings. The second kappa shape index (κ2) is 10.8. The molecule has 1 aromatic carbocycles. The molecule has 1 aliphatic heterocycles. The highest BCUT2D eigenvalue weighted by Gasteiger charge is 2.22. The molecule has 31 heavy (non-hydrogen) atoms. The zero-order valence-corrected chi connectivity index (χ0v) is 20.2. The van der Waals surface area contributed by atoms with Crippen LogP contribution in [0.3, 0.4) is 0 Å². The molecule has 2 atom stereocenters. The van der Waals surface area contributed by atoms with E-state index in [1.807, 2.05) is 11.7 Å². The fourth-order valence-corrected chi connectivity index (χ4v) is 4.78. The van der Waals surface area contributed by atoms with Gasteiger partial charge in [0.2, 0.25) is 0 Å². The molecule has 1 fully saturated rings. The third-order valence-corrected chi connectivity index (χ3v) is 6.30. The molecule has 2 unspecified atom stereocenters. The van der Waals surface area contributed by atoms with Crippen molar-refractivity contribution in [1.82, 2.24) is 25.3 Å². The summed E-state index contributed by atoms with van der Waals surface area (Å²) < 4.78 is 1.94. The topological polar surface area (TPSA) is 57.5 Å². The van der Waals surface area contributed by atoms with E-state index >= 15 is 0 Å². The maximum atomic E-state index is 4.90. The predicted molar refractivity (Wildman–Crippen MR) is 129 cm³/mol. The quantitative estimate of drug-likeness (QED) is 0.525. The van der Waals surface area contributed by atoms with Gasteiger partial charge < -0.3 is 10.6 Å². The molecule has 0 bridgehead atoms. The standard InChI is InChI=1S/C25H40N6/c1-7-26-25(28-14-24-20(4)29-30(6)21(24)5)27-13-22-10-8-9-11-23(22)17-31-15-18(2)12-19(3)16-31/h8-11,18-19H,7,12-17H2,1-6H3,(H2,26,27,28). The summed E-state index contributed by atoms with van der Waals surface area (Å²) in [6.45, 7) is 16.7. The van der Waals surface area contributed by atoms with Crippen LogP contribution in [0.4, 0.5) is 0 Å². The summed E-state index contributed by atoms with van der Waals surface area (Å²) in [5.74, 6) is 2.40. The number of aromatic nitrogens is 2. The number of hydrogen-bond donors (Lipinski definition) is 2. The SMILES string of the molecule is CCNC(=NCc1ccccc1CN1CC(C)CC(C)C1)NCc1c(C)nn(C)c1C. The molecule has 1 saturated heterocycles. The van der Waals surface area contributed by atoms with Gasteiger partial charge in [0.15, 0.2) is 5.96 Å². The van der Waals surface area contributed by atoms with Crippen LogP contribution in [-0.4, -0.2) is 40.3 Å². The molecule has 0 aliphatic carbocycles. The Morgan fingerprint density at radius 3 is 2.39 bits per heavy atom. The van der Waals surface area contributed by atoms with E-state index in [2.05, 4.69) is 79.5 Å². The lowest BCUT2D eigenvalue weighted by atomic mass is 9.91. The van der Waals surface area contributed by atoms with Crippen molar-refractivity contribution in [2.24, 2.45) is 23.9 Å². The second-order valence-corrected chi connectivity index (χ2v) is 9.23. The number of nitrogens with zero attached hydrogens (tertiary/aromatic N) is 4. The summed E-state index contributed by atoms with van der Waals surface area (Å²) in [5, 5.41) is 11.4. The fraction of sp³-hybridized carbons (Fsp3) is 0.600. The molecule has 2 heterocycles. The number of aryl methyl sites for hydroxylation is 2. The van der Waals surface area contributed by atoms with Crippen molar-refractivity contribution in [2.75, 3.05) is 19.6 Å². The molecular formula is C25H40N6. The highest BCUT2D eigenvalue weighted by atomic mass is 15.3. The van der Waals surface area contributed by atoms with E-state index in [-0.39, 0.29) is 0 Å². The van der Waals surface area contributed by atoms with Crippen molar-refractivity contribution < 1.29 is 0 Å². The van der Waals surface area contributed by atoms with Crippen LogP contribution in [0, 0.1) is 25.7 Å². The van der Waals surface area contributed by atoms with Gasteiger partial charge in [-0.1, -0.05) is 38.1 Å². The van der Waals surface area contributed by atoms with E-state index in [1.54, 1.807) is 0 Å². The van der Waals surface area contributed by atoms with Gasteiger partial charge in [-0.2, -0.15) is 5.10 Å². The van der Waals surface area contributed by atoms with Gasteiger partial charge in [-0.05, 0) is 50.2 Å². The van der Waals surface area contributed by atoms with Gasteiger partial charge in [0.1, 0.15) is 0 Å². The Morgan fingerprint density at radius 1 is 1.10 bits per heavy atom. The van der Waals surface area contributed by atoms with Gasteiger partial charge in [-0.3, -0.25) is 9.58 Å². The molecule has 3 rings (SSSR count). The summed E-state index contributed by atoms with van der Waals surface area (Å²) in [7, 11) is 1.99. The van der Waals surface area contributed by atoms with Crippen molar-refractivity contribution >= 4 is 5.96 Å². The zero-order chi connectivity index (χ0) is 22.4. The number of piperidine rings is 1. The van der Waals surface area contributed by atoms with E-state index in [0.29, 0.717) is 6.54 Å². The van der Waals surface area contributed by atoms with Crippen LogP contribution < -0.4 is 10.6 Å². The highest BCUT2D eigenvalue weighted by molar-refractivity contribution is 5.79. The van der Waals surface area contributed by atoms with Crippen LogP contribution in [0.15, 0.2) is 29.3 Å². The Kier molecular flexibility index (Phi) is 8.13. The van der Waals surface area contributed by atoms with Crippen molar-refractivity contribution in [1.29, 1.82) is 0 Å². The van der Waals surface area contributed by atoms with Gasteiger partial charge >= 0.3 is 0 Å². The van der Waals surface area contributed by atoms with Crippen molar-refractivity contribution in [3.05, 3.63) is 52.3 Å². The maximum absolute atomic E-state index is 4.90. The van der Waals surface area contributed by atoms with Gasteiger partial charge in [0.05, 0.1) is 12.2 Å². The number of hydrogen-bond acceptors (Lipinski definition) is 3. The molecule has 6 heteroatoms. The lowest BCUT2D eigenvalue weighted by Gasteiger charge is -2.35. The lowest BCUT2D eigenvalue weighted by molar-refractivity contribution is 0.134. The summed E-state index contributed by atoms with van der Waals surface area (Å²) in [4.78, 5) is 7.51. The maximum Gasteiger partial charge on any atom is 0.191 e. The molecule has 2 N–H and O–H groups in total. The van der Waals surface area contributed by atoms with Gasteiger partial charge in [0, 0.05) is 51.0 Å². The Labute approximate surface area is 188 Å². The Morgan fingerprint density at radius 2 is 1.77 bits per heavy atom. The smallest absolute Gasteiger partial charge is 0.191 e. The first-order chi connectivity index (χ1) is 14.9. The first kappa shape index (κ1) is 23.3. The van der Waals surface area contributed by atoms with Crippen LogP contribution in [0.2, 0.25) is 0 Å². The van der Waals surface area contributed by atoms with E-state index in [1.165, 1.54) is 41.9 Å². The monoisotopic (exact) mass is 424 g/mol. The minimum absolute atomic E-state index is 0.676. The normalized spacial score (nSPS) is 20.1. The van der Waals surface area contributed by atoms with Crippen LogP contribution in [0.5, 0.6) is 0 Å². The molecule has 0 saturated carbocycles. The summed E-state index contributed by atoms with van der Waals surface area (Å²) >= 11 is 0. The van der Waals surface area contributed by atoms with Crippen LogP contribution >= 0.6 is 0 Å². The van der Waals surface area contributed by atoms with Crippen LogP contribution in [0.25, 0.3) is 0 Å². The average molecular weight is 425 g/mol. The van der Waals surface area contributed by atoms with E-state index < -0.39 is 0 Å². The summed E-state index contributed by atoms with van der Waals surface area (Å²) in [6.07, 6.45) is 1.34. The van der Waals surface area contributed by atoms with Gasteiger partial charge in [-0.15, -0.1) is 0 Å². The highest BCUT2D eigenvalue weighted by Crippen LogP contribution is 2.23. The minimum Gasteiger partial charge on any atom is -0.357 e. The summed E-state index contributed by atoms with van der Waals surface area (Å²) in [6, 6.07) is 8.75. The third-order valence-electron chi connectivity index (χ3n) is 6.30.